The summed E-state index contributed by atoms with van der Waals surface area (Å²) in [4.78, 5) is 70.7. The maximum Gasteiger partial charge on any atom is 0.326 e. The first kappa shape index (κ1) is 46.4. The summed E-state index contributed by atoms with van der Waals surface area (Å²) in [5, 5.41) is 18.7. The minimum absolute atomic E-state index is 0.0165. The lowest BCUT2D eigenvalue weighted by molar-refractivity contribution is -0.148. The number of carboxylic acids is 1. The van der Waals surface area contributed by atoms with Crippen LogP contribution in [0.4, 0.5) is 0 Å². The van der Waals surface area contributed by atoms with Crippen LogP contribution >= 0.6 is 0 Å². The summed E-state index contributed by atoms with van der Waals surface area (Å²) < 4.78 is 17.2. The Labute approximate surface area is 322 Å². The Morgan fingerprint density at radius 2 is 1.56 bits per heavy atom. The summed E-state index contributed by atoms with van der Waals surface area (Å²) in [5.41, 5.74) is 0.644. The van der Waals surface area contributed by atoms with Crippen molar-refractivity contribution in [1.29, 1.82) is 0 Å². The molecule has 1 saturated heterocycles. The molecule has 4 N–H and O–H groups in total. The molecule has 14 nitrogen and oxygen atoms in total. The predicted octanol–water partition coefficient (Wildman–Crippen LogP) is 3.11. The van der Waals surface area contributed by atoms with E-state index in [9.17, 15) is 29.1 Å². The third-order valence-electron chi connectivity index (χ3n) is 11.0. The van der Waals surface area contributed by atoms with Gasteiger partial charge >= 0.3 is 5.97 Å². The second-order valence-electron chi connectivity index (χ2n) is 15.2. The molecule has 1 aliphatic heterocycles. The molecule has 1 aromatic carbocycles. The molecule has 0 aromatic heterocycles. The normalized spacial score (nSPS) is 18.9. The van der Waals surface area contributed by atoms with Crippen molar-refractivity contribution >= 4 is 29.6 Å². The van der Waals surface area contributed by atoms with E-state index in [1.165, 1.54) is 21.3 Å². The van der Waals surface area contributed by atoms with Gasteiger partial charge in [0.25, 0.3) is 0 Å². The molecule has 1 aliphatic rings. The van der Waals surface area contributed by atoms with Gasteiger partial charge in [0.05, 0.1) is 49.8 Å². The van der Waals surface area contributed by atoms with E-state index in [2.05, 4.69) is 16.0 Å². The third-order valence-corrected chi connectivity index (χ3v) is 11.0. The highest BCUT2D eigenvalue weighted by Crippen LogP contribution is 2.30. The summed E-state index contributed by atoms with van der Waals surface area (Å²) in [6.45, 7) is 13.8. The highest BCUT2D eigenvalue weighted by molar-refractivity contribution is 5.90. The van der Waals surface area contributed by atoms with Gasteiger partial charge in [-0.25, -0.2) is 4.79 Å². The van der Waals surface area contributed by atoms with Crippen LogP contribution in [0, 0.1) is 23.7 Å². The number of carbonyl (C=O) groups excluding carboxylic acids is 4. The monoisotopic (exact) mass is 761 g/mol. The SMILES string of the molecule is CC[C@H](C)C(C(CC(=O)N1CCC[C@H]1C(OC)C(C)C(=O)N[C@@H](Cc1ccccc1OC)C(=O)O)OC)N(C)C(=O)[C@@H](NC(=O)[C@@H](NC)C(C)C)C(C)C. The molecule has 14 heteroatoms. The number of benzene rings is 1. The first-order chi connectivity index (χ1) is 25.5. The van der Waals surface area contributed by atoms with E-state index in [0.717, 1.165) is 0 Å². The Morgan fingerprint density at radius 3 is 2.07 bits per heavy atom. The molecule has 1 heterocycles. The number of likely N-dealkylation sites (N-methyl/N-ethyl adjacent to an activating group) is 2. The van der Waals surface area contributed by atoms with Gasteiger partial charge in [-0.15, -0.1) is 0 Å². The van der Waals surface area contributed by atoms with Gasteiger partial charge in [0.2, 0.25) is 23.6 Å². The number of rotatable bonds is 22. The van der Waals surface area contributed by atoms with Crippen molar-refractivity contribution in [2.24, 2.45) is 23.7 Å². The van der Waals surface area contributed by atoms with E-state index in [-0.39, 0.29) is 48.3 Å². The van der Waals surface area contributed by atoms with Gasteiger partial charge in [-0.2, -0.15) is 0 Å². The Bertz CT molecular complexity index is 1390. The first-order valence-corrected chi connectivity index (χ1v) is 19.2. The first-order valence-electron chi connectivity index (χ1n) is 19.2. The van der Waals surface area contributed by atoms with Crippen molar-refractivity contribution in [3.05, 3.63) is 29.8 Å². The number of hydrogen-bond donors (Lipinski definition) is 4. The Hall–Kier alpha value is -3.75. The molecular formula is C40H67N5O9. The topological polar surface area (TPSA) is 176 Å². The van der Waals surface area contributed by atoms with Crippen molar-refractivity contribution in [1.82, 2.24) is 25.8 Å². The van der Waals surface area contributed by atoms with E-state index < -0.39 is 60.2 Å². The number of hydrogen-bond acceptors (Lipinski definition) is 9. The van der Waals surface area contributed by atoms with Gasteiger partial charge in [-0.05, 0) is 49.3 Å². The third kappa shape index (κ3) is 11.9. The molecular weight excluding hydrogens is 694 g/mol. The minimum atomic E-state index is -1.21. The highest BCUT2D eigenvalue weighted by Gasteiger charge is 2.43. The molecule has 0 spiro atoms. The van der Waals surface area contributed by atoms with Crippen LogP contribution in [-0.2, 0) is 39.9 Å². The summed E-state index contributed by atoms with van der Waals surface area (Å²) in [5.74, 6) is -2.90. The van der Waals surface area contributed by atoms with Crippen molar-refractivity contribution in [2.45, 2.75) is 123 Å². The predicted molar refractivity (Wildman–Crippen MR) is 207 cm³/mol. The number of carbonyl (C=O) groups is 5. The number of para-hydroxylation sites is 1. The molecule has 4 amide bonds. The van der Waals surface area contributed by atoms with Gasteiger partial charge in [-0.1, -0.05) is 73.1 Å². The number of amides is 4. The standard InChI is InChI=1S/C40H67N5O9/c1-13-25(6)35(44(9)39(49)34(24(4)5)43-38(48)33(41-8)23(2)3)31(53-11)22-32(46)45-20-16-18-29(45)36(54-12)26(7)37(47)42-28(40(50)51)21-27-17-14-15-19-30(27)52-10/h14-15,17,19,23-26,28-29,31,33-36,41H,13,16,18,20-22H2,1-12H3,(H,42,47)(H,43,48)(H,50,51)/t25-,26?,28-,29-,31?,33-,34-,35?,36?/m0/s1. The van der Waals surface area contributed by atoms with Crippen molar-refractivity contribution < 1.29 is 43.3 Å². The van der Waals surface area contributed by atoms with E-state index in [1.54, 1.807) is 55.1 Å². The summed E-state index contributed by atoms with van der Waals surface area (Å²) in [7, 11) is 7.94. The van der Waals surface area contributed by atoms with Crippen LogP contribution in [0.25, 0.3) is 0 Å². The Balaban J connectivity index is 2.28. The number of carboxylic acid groups (broad SMARTS) is 1. The van der Waals surface area contributed by atoms with Gasteiger partial charge in [0.1, 0.15) is 17.8 Å². The van der Waals surface area contributed by atoms with Crippen LogP contribution < -0.4 is 20.7 Å². The van der Waals surface area contributed by atoms with E-state index in [4.69, 9.17) is 14.2 Å². The molecule has 4 unspecified atom stereocenters. The molecule has 1 aromatic rings. The smallest absolute Gasteiger partial charge is 0.326 e. The lowest BCUT2D eigenvalue weighted by atomic mass is 9.89. The lowest BCUT2D eigenvalue weighted by Crippen LogP contribution is -2.59. The summed E-state index contributed by atoms with van der Waals surface area (Å²) in [6, 6.07) is 3.66. The molecule has 54 heavy (non-hydrogen) atoms. The molecule has 0 aliphatic carbocycles. The van der Waals surface area contributed by atoms with E-state index in [0.29, 0.717) is 37.1 Å². The maximum atomic E-state index is 14.2. The average Bonchev–Trinajstić information content (AvgIpc) is 3.62. The zero-order valence-corrected chi connectivity index (χ0v) is 34.5. The number of ether oxygens (including phenoxy) is 3. The zero-order valence-electron chi connectivity index (χ0n) is 34.5. The maximum absolute atomic E-state index is 14.2. The number of aliphatic carboxylic acids is 1. The van der Waals surface area contributed by atoms with Crippen LogP contribution in [-0.4, -0.2) is 129 Å². The van der Waals surface area contributed by atoms with Crippen molar-refractivity contribution in [3.8, 4) is 5.75 Å². The molecule has 9 atom stereocenters. The number of nitrogens with zero attached hydrogens (tertiary/aromatic N) is 2. The van der Waals surface area contributed by atoms with Crippen LogP contribution in [0.2, 0.25) is 0 Å². The fourth-order valence-corrected chi connectivity index (χ4v) is 7.64. The van der Waals surface area contributed by atoms with Crippen LogP contribution in [0.3, 0.4) is 0 Å². The molecule has 0 radical (unpaired) electrons. The van der Waals surface area contributed by atoms with Crippen molar-refractivity contribution in [3.63, 3.8) is 0 Å². The van der Waals surface area contributed by atoms with Gasteiger partial charge in [0.15, 0.2) is 0 Å². The van der Waals surface area contributed by atoms with E-state index >= 15 is 0 Å². The average molecular weight is 762 g/mol. The highest BCUT2D eigenvalue weighted by atomic mass is 16.5. The Kier molecular flexibility index (Phi) is 18.9. The molecule has 306 valence electrons. The summed E-state index contributed by atoms with van der Waals surface area (Å²) >= 11 is 0. The summed E-state index contributed by atoms with van der Waals surface area (Å²) in [6.07, 6.45) is 0.620. The van der Waals surface area contributed by atoms with Crippen molar-refractivity contribution in [2.75, 3.05) is 42.0 Å². The van der Waals surface area contributed by atoms with E-state index in [1.807, 2.05) is 41.5 Å². The minimum Gasteiger partial charge on any atom is -0.496 e. The number of methoxy groups -OCH3 is 3. The van der Waals surface area contributed by atoms with Gasteiger partial charge in [-0.3, -0.25) is 19.2 Å². The fourth-order valence-electron chi connectivity index (χ4n) is 7.64. The van der Waals surface area contributed by atoms with Gasteiger partial charge < -0.3 is 45.1 Å². The number of likely N-dealkylation sites (tertiary alicyclic amines) is 1. The quantitative estimate of drug-likeness (QED) is 0.137. The second kappa shape index (κ2) is 22.0. The van der Waals surface area contributed by atoms with Crippen LogP contribution in [0.5, 0.6) is 5.75 Å². The fraction of sp³-hybridized carbons (Fsp3) is 0.725. The molecule has 0 bridgehead atoms. The lowest BCUT2D eigenvalue weighted by Gasteiger charge is -2.41. The second-order valence-corrected chi connectivity index (χ2v) is 15.2. The molecule has 1 fully saturated rings. The number of nitrogens with one attached hydrogen (secondary N) is 3. The van der Waals surface area contributed by atoms with Gasteiger partial charge in [0, 0.05) is 34.2 Å². The largest absolute Gasteiger partial charge is 0.496 e. The van der Waals surface area contributed by atoms with Crippen LogP contribution in [0.1, 0.15) is 79.7 Å². The Morgan fingerprint density at radius 1 is 0.926 bits per heavy atom. The zero-order chi connectivity index (χ0) is 40.9. The molecule has 0 saturated carbocycles. The van der Waals surface area contributed by atoms with Crippen LogP contribution in [0.15, 0.2) is 24.3 Å². The molecule has 2 rings (SSSR count).